The van der Waals surface area contributed by atoms with E-state index in [1.54, 1.807) is 38.2 Å². The summed E-state index contributed by atoms with van der Waals surface area (Å²) in [5.74, 6) is -0.649. The molecule has 0 aromatic heterocycles. The van der Waals surface area contributed by atoms with Gasteiger partial charge < -0.3 is 20.5 Å². The number of anilines is 1. The fourth-order valence-electron chi connectivity index (χ4n) is 1.30. The Morgan fingerprint density at radius 2 is 2.06 bits per heavy atom. The summed E-state index contributed by atoms with van der Waals surface area (Å²) in [6.45, 7) is 1.93. The average Bonchev–Trinajstić information content (AvgIpc) is 2.39. The molecule has 0 aliphatic heterocycles. The van der Waals surface area contributed by atoms with E-state index in [1.807, 2.05) is 0 Å². The molecule has 1 aromatic carbocycles. The maximum absolute atomic E-state index is 11.3. The van der Waals surface area contributed by atoms with Gasteiger partial charge in [0.25, 0.3) is 0 Å². The van der Waals surface area contributed by atoms with Crippen LogP contribution in [0.1, 0.15) is 18.6 Å². The number of thiocarbonyl (C=S) groups is 1. The van der Waals surface area contributed by atoms with Crippen LogP contribution in [-0.4, -0.2) is 29.8 Å². The molecule has 0 heterocycles. The average molecular weight is 268 g/mol. The van der Waals surface area contributed by atoms with Gasteiger partial charge in [0.2, 0.25) is 0 Å². The van der Waals surface area contributed by atoms with Gasteiger partial charge in [-0.2, -0.15) is 0 Å². The monoisotopic (exact) mass is 268 g/mol. The zero-order chi connectivity index (χ0) is 13.5. The van der Waals surface area contributed by atoms with Crippen LogP contribution in [0, 0.1) is 0 Å². The summed E-state index contributed by atoms with van der Waals surface area (Å²) in [6, 6.07) is 6.73. The number of carbonyl (C=O) groups is 1. The van der Waals surface area contributed by atoms with Gasteiger partial charge in [-0.3, -0.25) is 0 Å². The van der Waals surface area contributed by atoms with Crippen molar-refractivity contribution in [3.63, 3.8) is 0 Å². The quantitative estimate of drug-likeness (QED) is 0.563. The topological polar surface area (TPSA) is 70.6 Å². The molecule has 0 aliphatic rings. The SMILES string of the molecule is CCOC(=O)C(O)c1ccc(NC(=S)NC)cc1. The molecule has 1 unspecified atom stereocenters. The van der Waals surface area contributed by atoms with Gasteiger partial charge in [0.05, 0.1) is 6.61 Å². The highest BCUT2D eigenvalue weighted by Gasteiger charge is 2.18. The van der Waals surface area contributed by atoms with Crippen LogP contribution >= 0.6 is 12.2 Å². The summed E-state index contributed by atoms with van der Waals surface area (Å²) < 4.78 is 4.73. The summed E-state index contributed by atoms with van der Waals surface area (Å²) in [5, 5.41) is 15.9. The predicted molar refractivity (Wildman–Crippen MR) is 73.3 cm³/mol. The molecule has 0 aliphatic carbocycles. The highest BCUT2D eigenvalue weighted by atomic mass is 32.1. The predicted octanol–water partition coefficient (Wildman–Crippen LogP) is 1.20. The number of aliphatic hydroxyl groups is 1. The first-order valence-corrected chi connectivity index (χ1v) is 5.92. The molecule has 0 saturated heterocycles. The van der Waals surface area contributed by atoms with Gasteiger partial charge >= 0.3 is 5.97 Å². The molecular formula is C12H16N2O3S. The molecule has 1 rings (SSSR count). The van der Waals surface area contributed by atoms with Crippen molar-refractivity contribution in [1.29, 1.82) is 0 Å². The second kappa shape index (κ2) is 6.93. The van der Waals surface area contributed by atoms with E-state index in [4.69, 9.17) is 17.0 Å². The molecule has 6 heteroatoms. The standard InChI is InChI=1S/C12H16N2O3S/c1-3-17-11(16)10(15)8-4-6-9(7-5-8)14-12(18)13-2/h4-7,10,15H,3H2,1-2H3,(H2,13,14,18). The highest BCUT2D eigenvalue weighted by Crippen LogP contribution is 2.17. The molecule has 1 atom stereocenters. The Labute approximate surface area is 111 Å². The van der Waals surface area contributed by atoms with E-state index in [-0.39, 0.29) is 6.61 Å². The normalized spacial score (nSPS) is 11.5. The van der Waals surface area contributed by atoms with Crippen LogP contribution in [0.25, 0.3) is 0 Å². The molecule has 0 radical (unpaired) electrons. The molecule has 1 aromatic rings. The number of rotatable bonds is 4. The van der Waals surface area contributed by atoms with Crippen molar-refractivity contribution in [2.45, 2.75) is 13.0 Å². The number of aliphatic hydroxyl groups excluding tert-OH is 1. The molecule has 5 nitrogen and oxygen atoms in total. The summed E-state index contributed by atoms with van der Waals surface area (Å²) in [5.41, 5.74) is 1.25. The fourth-order valence-corrected chi connectivity index (χ4v) is 1.42. The molecule has 0 spiro atoms. The number of esters is 1. The summed E-state index contributed by atoms with van der Waals surface area (Å²) in [4.78, 5) is 11.3. The molecule has 0 fully saturated rings. The minimum absolute atomic E-state index is 0.242. The van der Waals surface area contributed by atoms with Crippen molar-refractivity contribution in [3.05, 3.63) is 29.8 Å². The minimum atomic E-state index is -1.25. The number of hydrogen-bond acceptors (Lipinski definition) is 4. The number of benzene rings is 1. The lowest BCUT2D eigenvalue weighted by atomic mass is 10.1. The Balaban J connectivity index is 2.70. The van der Waals surface area contributed by atoms with Crippen molar-refractivity contribution < 1.29 is 14.6 Å². The van der Waals surface area contributed by atoms with Gasteiger partial charge in [-0.05, 0) is 36.8 Å². The highest BCUT2D eigenvalue weighted by molar-refractivity contribution is 7.80. The minimum Gasteiger partial charge on any atom is -0.464 e. The summed E-state index contributed by atoms with van der Waals surface area (Å²) >= 11 is 4.95. The molecule has 3 N–H and O–H groups in total. The van der Waals surface area contributed by atoms with Crippen LogP contribution < -0.4 is 10.6 Å². The first kappa shape index (κ1) is 14.4. The molecule has 18 heavy (non-hydrogen) atoms. The van der Waals surface area contributed by atoms with Crippen LogP contribution in [0.3, 0.4) is 0 Å². The number of nitrogens with one attached hydrogen (secondary N) is 2. The number of carbonyl (C=O) groups excluding carboxylic acids is 1. The molecular weight excluding hydrogens is 252 g/mol. The zero-order valence-electron chi connectivity index (χ0n) is 10.3. The lowest BCUT2D eigenvalue weighted by Gasteiger charge is -2.11. The third kappa shape index (κ3) is 3.97. The number of hydrogen-bond donors (Lipinski definition) is 3. The molecule has 0 saturated carbocycles. The van der Waals surface area contributed by atoms with Crippen molar-refractivity contribution in [2.24, 2.45) is 0 Å². The molecule has 0 bridgehead atoms. The first-order valence-electron chi connectivity index (χ1n) is 5.52. The maximum Gasteiger partial charge on any atom is 0.339 e. The van der Waals surface area contributed by atoms with Crippen LogP contribution in [0.15, 0.2) is 24.3 Å². The van der Waals surface area contributed by atoms with Crippen LogP contribution in [0.5, 0.6) is 0 Å². The Morgan fingerprint density at radius 3 is 2.56 bits per heavy atom. The molecule has 0 amide bonds. The first-order chi connectivity index (χ1) is 8.58. The second-order valence-electron chi connectivity index (χ2n) is 3.48. The third-order valence-corrected chi connectivity index (χ3v) is 2.53. The smallest absolute Gasteiger partial charge is 0.339 e. The lowest BCUT2D eigenvalue weighted by molar-refractivity contribution is -0.153. The summed E-state index contributed by atoms with van der Waals surface area (Å²) in [7, 11) is 1.72. The van der Waals surface area contributed by atoms with Gasteiger partial charge in [-0.25, -0.2) is 4.79 Å². The number of ether oxygens (including phenoxy) is 1. The van der Waals surface area contributed by atoms with Gasteiger partial charge in [0, 0.05) is 12.7 Å². The Bertz CT molecular complexity index is 420. The largest absolute Gasteiger partial charge is 0.464 e. The lowest BCUT2D eigenvalue weighted by Crippen LogP contribution is -2.24. The van der Waals surface area contributed by atoms with Gasteiger partial charge in [0.15, 0.2) is 11.2 Å². The third-order valence-electron chi connectivity index (χ3n) is 2.22. The Morgan fingerprint density at radius 1 is 1.44 bits per heavy atom. The van der Waals surface area contributed by atoms with Crippen LogP contribution in [0.2, 0.25) is 0 Å². The van der Waals surface area contributed by atoms with Crippen LogP contribution in [0.4, 0.5) is 5.69 Å². The van der Waals surface area contributed by atoms with E-state index in [2.05, 4.69) is 10.6 Å². The molecule has 98 valence electrons. The fraction of sp³-hybridized carbons (Fsp3) is 0.333. The Hall–Kier alpha value is -1.66. The van der Waals surface area contributed by atoms with Gasteiger partial charge in [-0.1, -0.05) is 12.1 Å². The van der Waals surface area contributed by atoms with Crippen molar-refractivity contribution >= 4 is 29.0 Å². The van der Waals surface area contributed by atoms with E-state index in [1.165, 1.54) is 0 Å². The van der Waals surface area contributed by atoms with Crippen LogP contribution in [-0.2, 0) is 9.53 Å². The van der Waals surface area contributed by atoms with Crippen molar-refractivity contribution in [3.8, 4) is 0 Å². The van der Waals surface area contributed by atoms with Gasteiger partial charge in [0.1, 0.15) is 0 Å². The van der Waals surface area contributed by atoms with E-state index in [0.29, 0.717) is 10.7 Å². The zero-order valence-corrected chi connectivity index (χ0v) is 11.1. The summed E-state index contributed by atoms with van der Waals surface area (Å²) in [6.07, 6.45) is -1.25. The Kier molecular flexibility index (Phi) is 5.54. The van der Waals surface area contributed by atoms with E-state index in [9.17, 15) is 9.90 Å². The van der Waals surface area contributed by atoms with E-state index < -0.39 is 12.1 Å². The maximum atomic E-state index is 11.3. The van der Waals surface area contributed by atoms with Crippen molar-refractivity contribution in [1.82, 2.24) is 5.32 Å². The second-order valence-corrected chi connectivity index (χ2v) is 3.89. The van der Waals surface area contributed by atoms with E-state index in [0.717, 1.165) is 5.69 Å². The van der Waals surface area contributed by atoms with E-state index >= 15 is 0 Å². The van der Waals surface area contributed by atoms with Crippen molar-refractivity contribution in [2.75, 3.05) is 19.0 Å². The van der Waals surface area contributed by atoms with Gasteiger partial charge in [-0.15, -0.1) is 0 Å².